The van der Waals surface area contributed by atoms with Crippen molar-refractivity contribution in [2.45, 2.75) is 31.8 Å². The second-order valence-electron chi connectivity index (χ2n) is 4.40. The van der Waals surface area contributed by atoms with Gasteiger partial charge in [0.15, 0.2) is 0 Å². The normalized spacial score (nSPS) is 26.9. The zero-order valence-electron chi connectivity index (χ0n) is 9.92. The second kappa shape index (κ2) is 5.45. The first-order valence-corrected chi connectivity index (χ1v) is 5.53. The Bertz CT molecular complexity index is 238. The van der Waals surface area contributed by atoms with Crippen LogP contribution in [0.5, 0.6) is 0 Å². The van der Waals surface area contributed by atoms with Gasteiger partial charge in [-0.1, -0.05) is 0 Å². The number of rotatable bonds is 4. The minimum atomic E-state index is -0.405. The van der Waals surface area contributed by atoms with E-state index in [1.54, 1.807) is 0 Å². The lowest BCUT2D eigenvalue weighted by molar-refractivity contribution is -0.00253. The Morgan fingerprint density at radius 3 is 2.93 bits per heavy atom. The lowest BCUT2D eigenvalue weighted by atomic mass is 9.99. The molecule has 2 atom stereocenters. The molecule has 0 saturated carbocycles. The molecule has 15 heavy (non-hydrogen) atoms. The third-order valence-corrected chi connectivity index (χ3v) is 3.20. The van der Waals surface area contributed by atoms with Crippen LogP contribution in [0, 0.1) is 11.3 Å². The van der Waals surface area contributed by atoms with Crippen LogP contribution in [0.4, 0.5) is 0 Å². The first kappa shape index (κ1) is 12.4. The molecular weight excluding hydrogens is 190 g/mol. The van der Waals surface area contributed by atoms with Crippen molar-refractivity contribution in [2.75, 3.05) is 33.4 Å². The Kier molecular flexibility index (Phi) is 4.52. The van der Waals surface area contributed by atoms with E-state index in [1.807, 2.05) is 14.0 Å². The van der Waals surface area contributed by atoms with Crippen molar-refractivity contribution >= 4 is 0 Å². The topological polar surface area (TPSA) is 48.3 Å². The van der Waals surface area contributed by atoms with Gasteiger partial charge in [-0.25, -0.2) is 0 Å². The zero-order chi connectivity index (χ0) is 11.3. The maximum Gasteiger partial charge on any atom is 0.104 e. The van der Waals surface area contributed by atoms with Crippen molar-refractivity contribution in [2.24, 2.45) is 0 Å². The number of hydrogen-bond donors (Lipinski definition) is 1. The van der Waals surface area contributed by atoms with Crippen molar-refractivity contribution in [1.29, 1.82) is 5.26 Å². The molecule has 0 aromatic rings. The van der Waals surface area contributed by atoms with Gasteiger partial charge in [0.25, 0.3) is 0 Å². The number of nitrogens with one attached hydrogen (secondary N) is 1. The maximum absolute atomic E-state index is 9.02. The van der Waals surface area contributed by atoms with E-state index in [0.29, 0.717) is 6.04 Å². The van der Waals surface area contributed by atoms with Gasteiger partial charge >= 0.3 is 0 Å². The minimum absolute atomic E-state index is 0.405. The highest BCUT2D eigenvalue weighted by molar-refractivity contribution is 5.03. The molecule has 2 unspecified atom stereocenters. The van der Waals surface area contributed by atoms with Crippen molar-refractivity contribution in [3.8, 4) is 6.07 Å². The summed E-state index contributed by atoms with van der Waals surface area (Å²) < 4.78 is 5.37. The van der Waals surface area contributed by atoms with Crippen molar-refractivity contribution in [3.05, 3.63) is 0 Å². The fraction of sp³-hybridized carbons (Fsp3) is 0.909. The third kappa shape index (κ3) is 3.45. The average molecular weight is 211 g/mol. The highest BCUT2D eigenvalue weighted by atomic mass is 16.5. The van der Waals surface area contributed by atoms with Gasteiger partial charge in [0, 0.05) is 19.1 Å². The quantitative estimate of drug-likeness (QED) is 0.739. The molecule has 4 nitrogen and oxygen atoms in total. The van der Waals surface area contributed by atoms with Crippen molar-refractivity contribution < 1.29 is 4.74 Å². The van der Waals surface area contributed by atoms with Gasteiger partial charge in [0.05, 0.1) is 19.3 Å². The summed E-state index contributed by atoms with van der Waals surface area (Å²) in [6.45, 7) is 7.66. The summed E-state index contributed by atoms with van der Waals surface area (Å²) in [5, 5.41) is 12.1. The van der Waals surface area contributed by atoms with Crippen LogP contribution < -0.4 is 5.32 Å². The fourth-order valence-electron chi connectivity index (χ4n) is 1.70. The van der Waals surface area contributed by atoms with Gasteiger partial charge in [0.1, 0.15) is 5.54 Å². The first-order chi connectivity index (χ1) is 7.11. The van der Waals surface area contributed by atoms with Gasteiger partial charge in [0.2, 0.25) is 0 Å². The fourth-order valence-corrected chi connectivity index (χ4v) is 1.70. The van der Waals surface area contributed by atoms with Crippen LogP contribution in [-0.2, 0) is 4.74 Å². The molecule has 1 heterocycles. The molecule has 4 heteroatoms. The minimum Gasteiger partial charge on any atom is -0.379 e. The van der Waals surface area contributed by atoms with Crippen LogP contribution in [0.1, 0.15) is 20.3 Å². The SMILES string of the molecule is CNC(C)(C#N)CCN1CCOCC1C. The molecule has 0 spiro atoms. The summed E-state index contributed by atoms with van der Waals surface area (Å²) in [6, 6.07) is 2.78. The molecule has 0 bridgehead atoms. The Labute approximate surface area is 92.2 Å². The lowest BCUT2D eigenvalue weighted by Crippen LogP contribution is -2.47. The molecule has 0 aromatic heterocycles. The highest BCUT2D eigenvalue weighted by Gasteiger charge is 2.25. The molecule has 1 aliphatic rings. The smallest absolute Gasteiger partial charge is 0.104 e. The van der Waals surface area contributed by atoms with Crippen LogP contribution in [0.25, 0.3) is 0 Å². The molecule has 0 radical (unpaired) electrons. The van der Waals surface area contributed by atoms with E-state index in [9.17, 15) is 0 Å². The molecule has 1 N–H and O–H groups in total. The summed E-state index contributed by atoms with van der Waals surface area (Å²) in [4.78, 5) is 2.39. The summed E-state index contributed by atoms with van der Waals surface area (Å²) in [5.74, 6) is 0. The first-order valence-electron chi connectivity index (χ1n) is 5.53. The van der Waals surface area contributed by atoms with Crippen LogP contribution >= 0.6 is 0 Å². The molecule has 1 saturated heterocycles. The molecule has 0 aromatic carbocycles. The predicted octanol–water partition coefficient (Wildman–Crippen LogP) is 0.599. The van der Waals surface area contributed by atoms with Gasteiger partial charge in [-0.15, -0.1) is 0 Å². The number of hydrogen-bond acceptors (Lipinski definition) is 4. The maximum atomic E-state index is 9.02. The monoisotopic (exact) mass is 211 g/mol. The summed E-state index contributed by atoms with van der Waals surface area (Å²) >= 11 is 0. The number of nitrogens with zero attached hydrogens (tertiary/aromatic N) is 2. The van der Waals surface area contributed by atoms with Crippen LogP contribution in [0.3, 0.4) is 0 Å². The van der Waals surface area contributed by atoms with Crippen LogP contribution in [0.15, 0.2) is 0 Å². The molecule has 1 fully saturated rings. The molecule has 0 amide bonds. The van der Waals surface area contributed by atoms with Gasteiger partial charge in [-0.2, -0.15) is 5.26 Å². The molecule has 1 rings (SSSR count). The Balaban J connectivity index is 2.38. The Hall–Kier alpha value is -0.630. The van der Waals surface area contributed by atoms with Crippen LogP contribution in [0.2, 0.25) is 0 Å². The van der Waals surface area contributed by atoms with Crippen molar-refractivity contribution in [1.82, 2.24) is 10.2 Å². The molecule has 0 aliphatic carbocycles. The van der Waals surface area contributed by atoms with E-state index in [-0.39, 0.29) is 0 Å². The largest absolute Gasteiger partial charge is 0.379 e. The summed E-state index contributed by atoms with van der Waals surface area (Å²) in [7, 11) is 1.84. The van der Waals surface area contributed by atoms with Gasteiger partial charge in [-0.3, -0.25) is 4.90 Å². The zero-order valence-corrected chi connectivity index (χ0v) is 9.92. The number of morpholine rings is 1. The number of ether oxygens (including phenoxy) is 1. The predicted molar refractivity (Wildman–Crippen MR) is 59.5 cm³/mol. The summed E-state index contributed by atoms with van der Waals surface area (Å²) in [5.41, 5.74) is -0.405. The van der Waals surface area contributed by atoms with Gasteiger partial charge < -0.3 is 10.1 Å². The standard InChI is InChI=1S/C11H21N3O/c1-10-8-15-7-6-14(10)5-4-11(2,9-12)13-3/h10,13H,4-8H2,1-3H3. The Morgan fingerprint density at radius 1 is 1.67 bits per heavy atom. The molecule has 86 valence electrons. The number of nitriles is 1. The second-order valence-corrected chi connectivity index (χ2v) is 4.40. The lowest BCUT2D eigenvalue weighted by Gasteiger charge is -2.35. The van der Waals surface area contributed by atoms with E-state index >= 15 is 0 Å². The van der Waals surface area contributed by atoms with Crippen molar-refractivity contribution in [3.63, 3.8) is 0 Å². The van der Waals surface area contributed by atoms with E-state index in [0.717, 1.165) is 32.7 Å². The molecule has 1 aliphatic heterocycles. The highest BCUT2D eigenvalue weighted by Crippen LogP contribution is 2.12. The van der Waals surface area contributed by atoms with E-state index in [1.165, 1.54) is 0 Å². The van der Waals surface area contributed by atoms with Crippen LogP contribution in [-0.4, -0.2) is 49.8 Å². The van der Waals surface area contributed by atoms with E-state index < -0.39 is 5.54 Å². The third-order valence-electron chi connectivity index (χ3n) is 3.20. The Morgan fingerprint density at radius 2 is 2.40 bits per heavy atom. The average Bonchev–Trinajstić information content (AvgIpc) is 2.28. The van der Waals surface area contributed by atoms with Gasteiger partial charge in [-0.05, 0) is 27.3 Å². The molecular formula is C11H21N3O. The van der Waals surface area contributed by atoms with E-state index in [4.69, 9.17) is 10.00 Å². The summed E-state index contributed by atoms with van der Waals surface area (Å²) in [6.07, 6.45) is 0.852. The van der Waals surface area contributed by atoms with E-state index in [2.05, 4.69) is 23.2 Å².